The molecule has 3 heteroatoms. The number of hydrogen-bond acceptors (Lipinski definition) is 3. The lowest BCUT2D eigenvalue weighted by Crippen LogP contribution is -2.06. The standard InChI is InChI=1S/C15H19N3/c1-5-16-15-14(17-11(3)12(4)18-15)13-8-6-7-10(2)9-13/h6-9H,5H2,1-4H3,(H,16,18). The molecule has 2 aromatic rings. The van der Waals surface area contributed by atoms with Gasteiger partial charge in [-0.05, 0) is 33.8 Å². The Bertz CT molecular complexity index is 562. The zero-order valence-corrected chi connectivity index (χ0v) is 11.4. The van der Waals surface area contributed by atoms with E-state index in [2.05, 4.69) is 53.4 Å². The van der Waals surface area contributed by atoms with E-state index < -0.39 is 0 Å². The molecule has 94 valence electrons. The van der Waals surface area contributed by atoms with Gasteiger partial charge in [0, 0.05) is 12.1 Å². The lowest BCUT2D eigenvalue weighted by Gasteiger charge is -2.12. The lowest BCUT2D eigenvalue weighted by molar-refractivity contribution is 1.03. The van der Waals surface area contributed by atoms with Gasteiger partial charge in [-0.25, -0.2) is 9.97 Å². The molecule has 18 heavy (non-hydrogen) atoms. The van der Waals surface area contributed by atoms with Gasteiger partial charge in [0.1, 0.15) is 5.69 Å². The van der Waals surface area contributed by atoms with Crippen molar-refractivity contribution in [2.24, 2.45) is 0 Å². The third-order valence-corrected chi connectivity index (χ3v) is 2.94. The average Bonchev–Trinajstić information content (AvgIpc) is 2.34. The van der Waals surface area contributed by atoms with Gasteiger partial charge in [0.05, 0.1) is 11.4 Å². The second kappa shape index (κ2) is 5.17. The Morgan fingerprint density at radius 1 is 1.06 bits per heavy atom. The van der Waals surface area contributed by atoms with Gasteiger partial charge in [-0.1, -0.05) is 23.8 Å². The maximum Gasteiger partial charge on any atom is 0.152 e. The summed E-state index contributed by atoms with van der Waals surface area (Å²) in [6.07, 6.45) is 0. The fourth-order valence-electron chi connectivity index (χ4n) is 1.89. The van der Waals surface area contributed by atoms with Gasteiger partial charge in [0.15, 0.2) is 5.82 Å². The molecule has 0 aliphatic heterocycles. The summed E-state index contributed by atoms with van der Waals surface area (Å²) in [5.74, 6) is 0.867. The molecule has 0 saturated heterocycles. The number of nitrogens with zero attached hydrogens (tertiary/aromatic N) is 2. The van der Waals surface area contributed by atoms with Crippen molar-refractivity contribution < 1.29 is 0 Å². The highest BCUT2D eigenvalue weighted by Gasteiger charge is 2.10. The smallest absolute Gasteiger partial charge is 0.152 e. The van der Waals surface area contributed by atoms with E-state index in [1.165, 1.54) is 5.56 Å². The summed E-state index contributed by atoms with van der Waals surface area (Å²) in [6, 6.07) is 8.36. The van der Waals surface area contributed by atoms with Crippen molar-refractivity contribution >= 4 is 5.82 Å². The minimum absolute atomic E-state index is 0.843. The molecular weight excluding hydrogens is 222 g/mol. The summed E-state index contributed by atoms with van der Waals surface area (Å²) in [6.45, 7) is 8.98. The summed E-state index contributed by atoms with van der Waals surface area (Å²) >= 11 is 0. The van der Waals surface area contributed by atoms with Crippen molar-refractivity contribution in [2.75, 3.05) is 11.9 Å². The Morgan fingerprint density at radius 3 is 2.44 bits per heavy atom. The van der Waals surface area contributed by atoms with Crippen LogP contribution in [0.1, 0.15) is 23.9 Å². The molecule has 1 heterocycles. The van der Waals surface area contributed by atoms with Crippen molar-refractivity contribution in [3.05, 3.63) is 41.2 Å². The summed E-state index contributed by atoms with van der Waals surface area (Å²) in [5.41, 5.74) is 5.23. The van der Waals surface area contributed by atoms with Crippen molar-refractivity contribution in [1.29, 1.82) is 0 Å². The molecule has 0 saturated carbocycles. The molecule has 0 radical (unpaired) electrons. The van der Waals surface area contributed by atoms with Crippen LogP contribution in [0.4, 0.5) is 5.82 Å². The van der Waals surface area contributed by atoms with Crippen molar-refractivity contribution in [1.82, 2.24) is 9.97 Å². The zero-order valence-electron chi connectivity index (χ0n) is 11.4. The van der Waals surface area contributed by atoms with Crippen LogP contribution in [0.15, 0.2) is 24.3 Å². The van der Waals surface area contributed by atoms with E-state index >= 15 is 0 Å². The molecular formula is C15H19N3. The maximum absolute atomic E-state index is 4.68. The number of nitrogens with one attached hydrogen (secondary N) is 1. The zero-order chi connectivity index (χ0) is 13.1. The first-order chi connectivity index (χ1) is 8.61. The fourth-order valence-corrected chi connectivity index (χ4v) is 1.89. The fraction of sp³-hybridized carbons (Fsp3) is 0.333. The van der Waals surface area contributed by atoms with E-state index in [0.29, 0.717) is 0 Å². The third kappa shape index (κ3) is 2.50. The van der Waals surface area contributed by atoms with Crippen LogP contribution < -0.4 is 5.32 Å². The summed E-state index contributed by atoms with van der Waals surface area (Å²) in [5, 5.41) is 3.29. The molecule has 0 atom stereocenters. The largest absolute Gasteiger partial charge is 0.369 e. The molecule has 3 nitrogen and oxygen atoms in total. The van der Waals surface area contributed by atoms with Gasteiger partial charge >= 0.3 is 0 Å². The molecule has 0 aliphatic carbocycles. The average molecular weight is 241 g/mol. The molecule has 1 aromatic carbocycles. The van der Waals surface area contributed by atoms with Crippen LogP contribution in [0, 0.1) is 20.8 Å². The van der Waals surface area contributed by atoms with Crippen LogP contribution in [-0.4, -0.2) is 16.5 Å². The van der Waals surface area contributed by atoms with Crippen LogP contribution in [0.5, 0.6) is 0 Å². The Kier molecular flexibility index (Phi) is 3.60. The summed E-state index contributed by atoms with van der Waals surface area (Å²) < 4.78 is 0. The van der Waals surface area contributed by atoms with Crippen LogP contribution in [0.25, 0.3) is 11.3 Å². The monoisotopic (exact) mass is 241 g/mol. The number of benzene rings is 1. The molecule has 0 unspecified atom stereocenters. The third-order valence-electron chi connectivity index (χ3n) is 2.94. The van der Waals surface area contributed by atoms with Gasteiger partial charge in [0.25, 0.3) is 0 Å². The van der Waals surface area contributed by atoms with Crippen molar-refractivity contribution in [2.45, 2.75) is 27.7 Å². The minimum atomic E-state index is 0.843. The highest BCUT2D eigenvalue weighted by atomic mass is 15.0. The van der Waals surface area contributed by atoms with E-state index in [1.54, 1.807) is 0 Å². The van der Waals surface area contributed by atoms with Crippen molar-refractivity contribution in [3.8, 4) is 11.3 Å². The van der Waals surface area contributed by atoms with Gasteiger partial charge in [0.2, 0.25) is 0 Å². The van der Waals surface area contributed by atoms with Crippen LogP contribution >= 0.6 is 0 Å². The summed E-state index contributed by atoms with van der Waals surface area (Å²) in [7, 11) is 0. The quantitative estimate of drug-likeness (QED) is 0.893. The van der Waals surface area contributed by atoms with Crippen LogP contribution in [0.3, 0.4) is 0 Å². The number of anilines is 1. The highest BCUT2D eigenvalue weighted by molar-refractivity contribution is 5.72. The van der Waals surface area contributed by atoms with E-state index in [9.17, 15) is 0 Å². The SMILES string of the molecule is CCNc1nc(C)c(C)nc1-c1cccc(C)c1. The first-order valence-corrected chi connectivity index (χ1v) is 6.28. The second-order valence-corrected chi connectivity index (χ2v) is 4.49. The number of hydrogen-bond donors (Lipinski definition) is 1. The molecule has 0 amide bonds. The Labute approximate surface area is 108 Å². The molecule has 1 N–H and O–H groups in total. The first kappa shape index (κ1) is 12.6. The van der Waals surface area contributed by atoms with Crippen molar-refractivity contribution in [3.63, 3.8) is 0 Å². The molecule has 2 rings (SSSR count). The molecule has 0 fully saturated rings. The van der Waals surface area contributed by atoms with Gasteiger partial charge in [-0.15, -0.1) is 0 Å². The van der Waals surface area contributed by atoms with Crippen LogP contribution in [-0.2, 0) is 0 Å². The van der Waals surface area contributed by atoms with E-state index in [4.69, 9.17) is 0 Å². The van der Waals surface area contributed by atoms with Crippen LogP contribution in [0.2, 0.25) is 0 Å². The molecule has 0 bridgehead atoms. The van der Waals surface area contributed by atoms with Gasteiger partial charge in [-0.3, -0.25) is 0 Å². The van der Waals surface area contributed by atoms with E-state index in [0.717, 1.165) is 35.0 Å². The highest BCUT2D eigenvalue weighted by Crippen LogP contribution is 2.26. The number of aromatic nitrogens is 2. The molecule has 0 spiro atoms. The summed E-state index contributed by atoms with van der Waals surface area (Å²) in [4.78, 5) is 9.27. The van der Waals surface area contributed by atoms with Gasteiger partial charge in [-0.2, -0.15) is 0 Å². The predicted octanol–water partition coefficient (Wildman–Crippen LogP) is 3.50. The minimum Gasteiger partial charge on any atom is -0.369 e. The molecule has 1 aromatic heterocycles. The predicted molar refractivity (Wildman–Crippen MR) is 75.8 cm³/mol. The van der Waals surface area contributed by atoms with Gasteiger partial charge < -0.3 is 5.32 Å². The Morgan fingerprint density at radius 2 is 1.78 bits per heavy atom. The maximum atomic E-state index is 4.68. The first-order valence-electron chi connectivity index (χ1n) is 6.28. The normalized spacial score (nSPS) is 10.4. The van der Waals surface area contributed by atoms with E-state index in [-0.39, 0.29) is 0 Å². The Hall–Kier alpha value is -1.90. The van der Waals surface area contributed by atoms with E-state index in [1.807, 2.05) is 13.8 Å². The molecule has 0 aliphatic rings. The number of aryl methyl sites for hydroxylation is 3. The second-order valence-electron chi connectivity index (χ2n) is 4.49. The Balaban J connectivity index is 2.58. The topological polar surface area (TPSA) is 37.8 Å². The lowest BCUT2D eigenvalue weighted by atomic mass is 10.1. The number of rotatable bonds is 3.